The monoisotopic (exact) mass is 254 g/mol. The molecule has 1 aliphatic carbocycles. The van der Waals surface area contributed by atoms with Crippen LogP contribution >= 0.6 is 0 Å². The molecule has 2 fully saturated rings. The van der Waals surface area contributed by atoms with Gasteiger partial charge in [-0.25, -0.2) is 0 Å². The van der Waals surface area contributed by atoms with Crippen LogP contribution in [0.5, 0.6) is 0 Å². The molecule has 4 unspecified atom stereocenters. The Balaban J connectivity index is 1.86. The molecule has 0 bridgehead atoms. The van der Waals surface area contributed by atoms with Crippen LogP contribution in [-0.4, -0.2) is 47.8 Å². The van der Waals surface area contributed by atoms with E-state index in [9.17, 15) is 5.11 Å². The van der Waals surface area contributed by atoms with Gasteiger partial charge < -0.3 is 15.3 Å². The Morgan fingerprint density at radius 2 is 1.94 bits per heavy atom. The van der Waals surface area contributed by atoms with E-state index < -0.39 is 0 Å². The Hall–Kier alpha value is -0.120. The van der Waals surface area contributed by atoms with Crippen molar-refractivity contribution in [2.45, 2.75) is 58.0 Å². The molecule has 1 aliphatic heterocycles. The summed E-state index contributed by atoms with van der Waals surface area (Å²) in [6.07, 6.45) is 5.37. The Bertz CT molecular complexity index is 259. The van der Waals surface area contributed by atoms with Crippen LogP contribution < -0.4 is 5.32 Å². The molecule has 2 aliphatic rings. The van der Waals surface area contributed by atoms with Crippen LogP contribution in [0.25, 0.3) is 0 Å². The van der Waals surface area contributed by atoms with Gasteiger partial charge in [0.2, 0.25) is 0 Å². The number of nitrogens with zero attached hydrogens (tertiary/aromatic N) is 1. The van der Waals surface area contributed by atoms with Crippen LogP contribution in [0.15, 0.2) is 0 Å². The van der Waals surface area contributed by atoms with Crippen molar-refractivity contribution in [3.8, 4) is 0 Å². The largest absolute Gasteiger partial charge is 0.394 e. The van der Waals surface area contributed by atoms with E-state index >= 15 is 0 Å². The number of likely N-dealkylation sites (N-methyl/N-ethyl adjacent to an activating group) is 1. The van der Waals surface area contributed by atoms with Crippen molar-refractivity contribution >= 4 is 0 Å². The Kier molecular flexibility index (Phi) is 4.68. The number of hydrogen-bond donors (Lipinski definition) is 2. The van der Waals surface area contributed by atoms with Gasteiger partial charge in [-0.15, -0.1) is 0 Å². The molecule has 3 nitrogen and oxygen atoms in total. The lowest BCUT2D eigenvalue weighted by atomic mass is 9.93. The molecule has 1 saturated heterocycles. The van der Waals surface area contributed by atoms with E-state index in [0.29, 0.717) is 6.04 Å². The van der Waals surface area contributed by atoms with Gasteiger partial charge in [0, 0.05) is 24.7 Å². The van der Waals surface area contributed by atoms with Crippen LogP contribution in [0, 0.1) is 11.8 Å². The minimum absolute atomic E-state index is 0.119. The maximum atomic E-state index is 9.59. The highest BCUT2D eigenvalue weighted by molar-refractivity contribution is 4.93. The van der Waals surface area contributed by atoms with Gasteiger partial charge in [-0.05, 0) is 51.5 Å². The third kappa shape index (κ3) is 3.06. The first kappa shape index (κ1) is 14.3. The summed E-state index contributed by atoms with van der Waals surface area (Å²) in [7, 11) is 0. The van der Waals surface area contributed by atoms with E-state index in [1.807, 2.05) is 0 Å². The molecule has 0 amide bonds. The zero-order valence-corrected chi connectivity index (χ0v) is 12.3. The molecule has 106 valence electrons. The van der Waals surface area contributed by atoms with Gasteiger partial charge in [0.1, 0.15) is 0 Å². The van der Waals surface area contributed by atoms with E-state index in [0.717, 1.165) is 24.8 Å². The molecule has 0 spiro atoms. The molecular formula is C15H30N2O. The molecule has 4 atom stereocenters. The molecule has 1 saturated carbocycles. The van der Waals surface area contributed by atoms with Gasteiger partial charge in [0.25, 0.3) is 0 Å². The van der Waals surface area contributed by atoms with E-state index in [-0.39, 0.29) is 12.1 Å². The maximum Gasteiger partial charge on any atom is 0.0611 e. The minimum Gasteiger partial charge on any atom is -0.394 e. The van der Waals surface area contributed by atoms with Crippen molar-refractivity contribution in [3.05, 3.63) is 0 Å². The van der Waals surface area contributed by atoms with Gasteiger partial charge in [-0.1, -0.05) is 13.3 Å². The summed E-state index contributed by atoms with van der Waals surface area (Å²) in [5, 5.41) is 13.0. The lowest BCUT2D eigenvalue weighted by Crippen LogP contribution is -2.50. The van der Waals surface area contributed by atoms with Crippen LogP contribution in [0.3, 0.4) is 0 Å². The Morgan fingerprint density at radius 3 is 2.44 bits per heavy atom. The lowest BCUT2D eigenvalue weighted by molar-refractivity contribution is 0.123. The predicted octanol–water partition coefficient (Wildman–Crippen LogP) is 1.86. The summed E-state index contributed by atoms with van der Waals surface area (Å²) in [6.45, 7) is 10.3. The molecule has 0 aromatic carbocycles. The fraction of sp³-hybridized carbons (Fsp3) is 1.00. The van der Waals surface area contributed by atoms with Crippen molar-refractivity contribution in [3.63, 3.8) is 0 Å². The van der Waals surface area contributed by atoms with Crippen molar-refractivity contribution in [2.75, 3.05) is 26.2 Å². The first-order valence-corrected chi connectivity index (χ1v) is 7.68. The quantitative estimate of drug-likeness (QED) is 0.759. The zero-order valence-electron chi connectivity index (χ0n) is 12.3. The Labute approximate surface area is 112 Å². The first-order chi connectivity index (χ1) is 8.58. The number of aliphatic hydroxyl groups is 1. The fourth-order valence-electron chi connectivity index (χ4n) is 4.03. The minimum atomic E-state index is -0.119. The number of rotatable bonds is 6. The number of aliphatic hydroxyl groups excluding tert-OH is 1. The highest BCUT2D eigenvalue weighted by atomic mass is 16.3. The molecule has 0 radical (unpaired) electrons. The van der Waals surface area contributed by atoms with Crippen molar-refractivity contribution in [2.24, 2.45) is 11.8 Å². The molecule has 2 rings (SSSR count). The van der Waals surface area contributed by atoms with E-state index in [4.69, 9.17) is 0 Å². The third-order valence-electron chi connectivity index (χ3n) is 5.08. The summed E-state index contributed by atoms with van der Waals surface area (Å²) in [5.41, 5.74) is -0.119. The molecule has 18 heavy (non-hydrogen) atoms. The van der Waals surface area contributed by atoms with E-state index in [1.54, 1.807) is 0 Å². The van der Waals surface area contributed by atoms with Gasteiger partial charge in [-0.2, -0.15) is 0 Å². The maximum absolute atomic E-state index is 9.59. The topological polar surface area (TPSA) is 35.5 Å². The molecular weight excluding hydrogens is 224 g/mol. The summed E-state index contributed by atoms with van der Waals surface area (Å²) in [5.74, 6) is 1.93. The SMILES string of the molecule is CCNC(C)(CO)CC(C)N1CC2CCCC2C1. The van der Waals surface area contributed by atoms with Crippen LogP contribution in [-0.2, 0) is 0 Å². The molecule has 0 aromatic heterocycles. The highest BCUT2D eigenvalue weighted by Crippen LogP contribution is 2.39. The predicted molar refractivity (Wildman–Crippen MR) is 75.7 cm³/mol. The number of hydrogen-bond acceptors (Lipinski definition) is 3. The second-order valence-electron chi connectivity index (χ2n) is 6.71. The van der Waals surface area contributed by atoms with Gasteiger partial charge in [0.05, 0.1) is 6.61 Å². The normalized spacial score (nSPS) is 33.3. The Morgan fingerprint density at radius 1 is 1.33 bits per heavy atom. The standard InChI is InChI=1S/C15H30N2O/c1-4-16-15(3,11-18)8-12(2)17-9-13-6-5-7-14(13)10-17/h12-14,16,18H,4-11H2,1-3H3. The summed E-state index contributed by atoms with van der Waals surface area (Å²) < 4.78 is 0. The average Bonchev–Trinajstić information content (AvgIpc) is 2.89. The lowest BCUT2D eigenvalue weighted by Gasteiger charge is -2.35. The van der Waals surface area contributed by atoms with Crippen LogP contribution in [0.4, 0.5) is 0 Å². The molecule has 2 N–H and O–H groups in total. The van der Waals surface area contributed by atoms with Crippen molar-refractivity contribution < 1.29 is 5.11 Å². The summed E-state index contributed by atoms with van der Waals surface area (Å²) in [6, 6.07) is 0.576. The second-order valence-corrected chi connectivity index (χ2v) is 6.71. The van der Waals surface area contributed by atoms with Crippen molar-refractivity contribution in [1.29, 1.82) is 0 Å². The fourth-order valence-corrected chi connectivity index (χ4v) is 4.03. The third-order valence-corrected chi connectivity index (χ3v) is 5.08. The smallest absolute Gasteiger partial charge is 0.0611 e. The highest BCUT2D eigenvalue weighted by Gasteiger charge is 2.39. The first-order valence-electron chi connectivity index (χ1n) is 7.68. The number of nitrogens with one attached hydrogen (secondary N) is 1. The van der Waals surface area contributed by atoms with Gasteiger partial charge >= 0.3 is 0 Å². The molecule has 1 heterocycles. The summed E-state index contributed by atoms with van der Waals surface area (Å²) in [4.78, 5) is 2.65. The molecule has 3 heteroatoms. The van der Waals surface area contributed by atoms with Crippen LogP contribution in [0.1, 0.15) is 46.5 Å². The van der Waals surface area contributed by atoms with Crippen LogP contribution in [0.2, 0.25) is 0 Å². The molecule has 0 aromatic rings. The number of fused-ring (bicyclic) bond motifs is 1. The number of likely N-dealkylation sites (tertiary alicyclic amines) is 1. The van der Waals surface area contributed by atoms with Crippen molar-refractivity contribution in [1.82, 2.24) is 10.2 Å². The van der Waals surface area contributed by atoms with E-state index in [1.165, 1.54) is 32.4 Å². The van der Waals surface area contributed by atoms with E-state index in [2.05, 4.69) is 31.0 Å². The second kappa shape index (κ2) is 5.89. The van der Waals surface area contributed by atoms with Gasteiger partial charge in [0.15, 0.2) is 0 Å². The zero-order chi connectivity index (χ0) is 13.2. The van der Waals surface area contributed by atoms with Gasteiger partial charge in [-0.3, -0.25) is 0 Å². The average molecular weight is 254 g/mol. The summed E-state index contributed by atoms with van der Waals surface area (Å²) >= 11 is 0.